The summed E-state index contributed by atoms with van der Waals surface area (Å²) in [4.78, 5) is 40.6. The standard InChI is InChI=1S/C14H25N3O5/c1-14(2,3)16-13(20)22-10(12(19)17(4)21-5)8-9-6-7-15-11(9)18/h9-10H,6-8H2,1-5H3,(H,15,18)(H,16,20)/t9-,10-/m0/s1. The monoisotopic (exact) mass is 315 g/mol. The maximum Gasteiger partial charge on any atom is 0.408 e. The number of hydrogen-bond acceptors (Lipinski definition) is 5. The zero-order valence-electron chi connectivity index (χ0n) is 13.8. The van der Waals surface area contributed by atoms with Crippen LogP contribution in [-0.2, 0) is 19.2 Å². The van der Waals surface area contributed by atoms with Crippen molar-refractivity contribution in [2.24, 2.45) is 5.92 Å². The van der Waals surface area contributed by atoms with E-state index in [0.717, 1.165) is 5.06 Å². The van der Waals surface area contributed by atoms with Gasteiger partial charge in [-0.15, -0.1) is 0 Å². The van der Waals surface area contributed by atoms with Crippen molar-refractivity contribution in [2.45, 2.75) is 45.3 Å². The average molecular weight is 315 g/mol. The third-order valence-electron chi connectivity index (χ3n) is 3.25. The summed E-state index contributed by atoms with van der Waals surface area (Å²) in [5, 5.41) is 6.31. The van der Waals surface area contributed by atoms with Gasteiger partial charge in [0.05, 0.1) is 7.11 Å². The lowest BCUT2D eigenvalue weighted by Gasteiger charge is -2.26. The van der Waals surface area contributed by atoms with E-state index in [2.05, 4.69) is 10.6 Å². The minimum absolute atomic E-state index is 0.127. The molecule has 1 rings (SSSR count). The van der Waals surface area contributed by atoms with E-state index in [1.165, 1.54) is 14.2 Å². The normalized spacial score (nSPS) is 19.3. The van der Waals surface area contributed by atoms with Crippen molar-refractivity contribution in [3.8, 4) is 0 Å². The summed E-state index contributed by atoms with van der Waals surface area (Å²) in [6, 6.07) is 0. The fourth-order valence-electron chi connectivity index (χ4n) is 2.09. The Morgan fingerprint density at radius 1 is 1.45 bits per heavy atom. The molecule has 0 bridgehead atoms. The number of hydrogen-bond donors (Lipinski definition) is 2. The van der Waals surface area contributed by atoms with Crippen LogP contribution in [0.5, 0.6) is 0 Å². The van der Waals surface area contributed by atoms with E-state index in [9.17, 15) is 14.4 Å². The van der Waals surface area contributed by atoms with Crippen LogP contribution in [0.2, 0.25) is 0 Å². The zero-order valence-corrected chi connectivity index (χ0v) is 13.8. The van der Waals surface area contributed by atoms with E-state index >= 15 is 0 Å². The summed E-state index contributed by atoms with van der Waals surface area (Å²) in [6.07, 6.45) is -1.02. The highest BCUT2D eigenvalue weighted by molar-refractivity contribution is 5.85. The van der Waals surface area contributed by atoms with E-state index in [1.807, 2.05) is 0 Å². The van der Waals surface area contributed by atoms with Crippen molar-refractivity contribution in [3.63, 3.8) is 0 Å². The Bertz CT molecular complexity index is 433. The molecule has 126 valence electrons. The summed E-state index contributed by atoms with van der Waals surface area (Å²) >= 11 is 0. The topological polar surface area (TPSA) is 97.0 Å². The van der Waals surface area contributed by atoms with Crippen molar-refractivity contribution in [1.82, 2.24) is 15.7 Å². The molecule has 1 saturated heterocycles. The minimum atomic E-state index is -1.07. The van der Waals surface area contributed by atoms with E-state index in [4.69, 9.17) is 9.57 Å². The van der Waals surface area contributed by atoms with Gasteiger partial charge < -0.3 is 15.4 Å². The smallest absolute Gasteiger partial charge is 0.408 e. The Balaban J connectivity index is 2.75. The van der Waals surface area contributed by atoms with E-state index in [1.54, 1.807) is 20.8 Å². The number of carbonyl (C=O) groups is 3. The number of carbonyl (C=O) groups excluding carboxylic acids is 3. The van der Waals surface area contributed by atoms with Gasteiger partial charge in [-0.2, -0.15) is 0 Å². The summed E-state index contributed by atoms with van der Waals surface area (Å²) in [6.45, 7) is 5.98. The van der Waals surface area contributed by atoms with Crippen molar-refractivity contribution < 1.29 is 24.0 Å². The van der Waals surface area contributed by atoms with Gasteiger partial charge in [0, 0.05) is 31.5 Å². The van der Waals surface area contributed by atoms with Crippen LogP contribution in [0.25, 0.3) is 0 Å². The molecule has 0 aliphatic carbocycles. The van der Waals surface area contributed by atoms with Crippen LogP contribution >= 0.6 is 0 Å². The molecule has 1 fully saturated rings. The first-order chi connectivity index (χ1) is 10.1. The highest BCUT2D eigenvalue weighted by Crippen LogP contribution is 2.19. The Morgan fingerprint density at radius 2 is 2.09 bits per heavy atom. The number of nitrogens with one attached hydrogen (secondary N) is 2. The Morgan fingerprint density at radius 3 is 2.55 bits per heavy atom. The molecule has 1 aliphatic heterocycles. The number of alkyl carbamates (subject to hydrolysis) is 1. The predicted octanol–water partition coefficient (Wildman–Crippen LogP) is 0.426. The molecule has 0 aromatic carbocycles. The van der Waals surface area contributed by atoms with Crippen LogP contribution in [0.15, 0.2) is 0 Å². The molecule has 1 aliphatic rings. The molecular weight excluding hydrogens is 290 g/mol. The predicted molar refractivity (Wildman–Crippen MR) is 78.7 cm³/mol. The van der Waals surface area contributed by atoms with Gasteiger partial charge in [0.2, 0.25) is 5.91 Å². The van der Waals surface area contributed by atoms with E-state index in [-0.39, 0.29) is 18.2 Å². The first-order valence-corrected chi connectivity index (χ1v) is 7.22. The average Bonchev–Trinajstić information content (AvgIpc) is 2.79. The van der Waals surface area contributed by atoms with Gasteiger partial charge in [-0.1, -0.05) is 0 Å². The Kier molecular flexibility index (Phi) is 6.16. The van der Waals surface area contributed by atoms with Crippen molar-refractivity contribution in [2.75, 3.05) is 20.7 Å². The molecule has 8 nitrogen and oxygen atoms in total. The second kappa shape index (κ2) is 7.44. The van der Waals surface area contributed by atoms with E-state index < -0.39 is 23.6 Å². The summed E-state index contributed by atoms with van der Waals surface area (Å²) < 4.78 is 5.22. The molecule has 3 amide bonds. The maximum absolute atomic E-state index is 12.2. The minimum Gasteiger partial charge on any atom is -0.436 e. The number of hydroxylamine groups is 2. The summed E-state index contributed by atoms with van der Waals surface area (Å²) in [5.41, 5.74) is -0.484. The van der Waals surface area contributed by atoms with Crippen LogP contribution in [0.3, 0.4) is 0 Å². The van der Waals surface area contributed by atoms with Gasteiger partial charge in [0.25, 0.3) is 5.91 Å². The third-order valence-corrected chi connectivity index (χ3v) is 3.25. The lowest BCUT2D eigenvalue weighted by Crippen LogP contribution is -2.46. The van der Waals surface area contributed by atoms with Crippen LogP contribution in [-0.4, -0.2) is 55.3 Å². The first-order valence-electron chi connectivity index (χ1n) is 7.22. The largest absolute Gasteiger partial charge is 0.436 e. The van der Waals surface area contributed by atoms with Gasteiger partial charge in [-0.3, -0.25) is 14.4 Å². The third kappa shape index (κ3) is 5.51. The van der Waals surface area contributed by atoms with Gasteiger partial charge in [-0.05, 0) is 27.2 Å². The van der Waals surface area contributed by atoms with Gasteiger partial charge in [0.15, 0.2) is 6.10 Å². The number of rotatable bonds is 5. The second-order valence-electron chi connectivity index (χ2n) is 6.30. The Hall–Kier alpha value is -1.83. The molecule has 0 spiro atoms. The van der Waals surface area contributed by atoms with Crippen LogP contribution in [0, 0.1) is 5.92 Å². The molecule has 0 saturated carbocycles. The molecule has 0 aromatic rings. The van der Waals surface area contributed by atoms with Crippen LogP contribution < -0.4 is 10.6 Å². The number of nitrogens with zero attached hydrogens (tertiary/aromatic N) is 1. The molecule has 2 N–H and O–H groups in total. The quantitative estimate of drug-likeness (QED) is 0.717. The number of amides is 3. The SMILES string of the molecule is CON(C)C(=O)[C@H](C[C@@H]1CCNC1=O)OC(=O)NC(C)(C)C. The molecule has 1 heterocycles. The Labute approximate surface area is 130 Å². The highest BCUT2D eigenvalue weighted by Gasteiger charge is 2.34. The van der Waals surface area contributed by atoms with Crippen LogP contribution in [0.1, 0.15) is 33.6 Å². The van der Waals surface area contributed by atoms with Crippen LogP contribution in [0.4, 0.5) is 4.79 Å². The van der Waals surface area contributed by atoms with Crippen molar-refractivity contribution >= 4 is 17.9 Å². The molecular formula is C14H25N3O5. The van der Waals surface area contributed by atoms with Gasteiger partial charge >= 0.3 is 6.09 Å². The molecule has 8 heteroatoms. The molecule has 2 atom stereocenters. The molecule has 0 unspecified atom stereocenters. The van der Waals surface area contributed by atoms with Crippen molar-refractivity contribution in [1.29, 1.82) is 0 Å². The van der Waals surface area contributed by atoms with Gasteiger partial charge in [0.1, 0.15) is 0 Å². The number of likely N-dealkylation sites (N-methyl/N-ethyl adjacent to an activating group) is 1. The first kappa shape index (κ1) is 18.2. The maximum atomic E-state index is 12.2. The molecule has 0 radical (unpaired) electrons. The van der Waals surface area contributed by atoms with Gasteiger partial charge in [-0.25, -0.2) is 9.86 Å². The number of ether oxygens (including phenoxy) is 1. The summed E-state index contributed by atoms with van der Waals surface area (Å²) in [5.74, 6) is -0.981. The molecule has 22 heavy (non-hydrogen) atoms. The fourth-order valence-corrected chi connectivity index (χ4v) is 2.09. The van der Waals surface area contributed by atoms with Crippen molar-refractivity contribution in [3.05, 3.63) is 0 Å². The second-order valence-corrected chi connectivity index (χ2v) is 6.30. The fraction of sp³-hybridized carbons (Fsp3) is 0.786. The molecule has 0 aromatic heterocycles. The van der Waals surface area contributed by atoms with E-state index in [0.29, 0.717) is 13.0 Å². The lowest BCUT2D eigenvalue weighted by atomic mass is 9.99. The highest BCUT2D eigenvalue weighted by atomic mass is 16.7. The lowest BCUT2D eigenvalue weighted by molar-refractivity contribution is -0.178. The summed E-state index contributed by atoms with van der Waals surface area (Å²) in [7, 11) is 2.77. The zero-order chi connectivity index (χ0) is 16.9.